The minimum absolute atomic E-state index is 0.198. The van der Waals surface area contributed by atoms with Crippen LogP contribution in [0.4, 0.5) is 5.69 Å². The van der Waals surface area contributed by atoms with E-state index in [0.29, 0.717) is 5.75 Å². The predicted octanol–water partition coefficient (Wildman–Crippen LogP) is 1.71. The van der Waals surface area contributed by atoms with Gasteiger partial charge in [0.1, 0.15) is 11.8 Å². The third-order valence-corrected chi connectivity index (χ3v) is 8.13. The van der Waals surface area contributed by atoms with E-state index < -0.39 is 38.2 Å². The lowest BCUT2D eigenvalue weighted by Crippen LogP contribution is -2.49. The summed E-state index contributed by atoms with van der Waals surface area (Å²) >= 11 is 0. The number of aliphatic hydroxyl groups excluding tert-OH is 1. The number of aliphatic carboxylic acids is 1. The Kier molecular flexibility index (Phi) is 8.86. The number of benzene rings is 2. The lowest BCUT2D eigenvalue weighted by Gasteiger charge is -2.25. The van der Waals surface area contributed by atoms with E-state index >= 15 is 0 Å². The van der Waals surface area contributed by atoms with Gasteiger partial charge in [-0.2, -0.15) is 4.72 Å². The number of hydrogen-bond acceptors (Lipinski definition) is 8. The summed E-state index contributed by atoms with van der Waals surface area (Å²) < 4.78 is 58.3. The van der Waals surface area contributed by atoms with Gasteiger partial charge in [0.15, 0.2) is 0 Å². The van der Waals surface area contributed by atoms with Gasteiger partial charge in [0.2, 0.25) is 20.0 Å². The zero-order chi connectivity index (χ0) is 27.2. The van der Waals surface area contributed by atoms with Crippen molar-refractivity contribution in [1.29, 1.82) is 0 Å². The van der Waals surface area contributed by atoms with Crippen molar-refractivity contribution in [3.05, 3.63) is 73.1 Å². The second-order valence-electron chi connectivity index (χ2n) is 8.09. The highest BCUT2D eigenvalue weighted by atomic mass is 32.2. The summed E-state index contributed by atoms with van der Waals surface area (Å²) in [4.78, 5) is 15.5. The Morgan fingerprint density at radius 1 is 1.03 bits per heavy atom. The molecule has 1 heterocycles. The molecule has 0 saturated heterocycles. The molecule has 3 N–H and O–H groups in total. The summed E-state index contributed by atoms with van der Waals surface area (Å²) in [7, 11) is -6.56. The van der Waals surface area contributed by atoms with E-state index in [1.54, 1.807) is 31.4 Å². The fraction of sp³-hybridized carbons (Fsp3) is 0.250. The maximum Gasteiger partial charge on any atom is 0.324 e. The van der Waals surface area contributed by atoms with Crippen molar-refractivity contribution in [2.75, 3.05) is 24.2 Å². The van der Waals surface area contributed by atoms with Crippen LogP contribution in [0.5, 0.6) is 5.75 Å². The molecule has 1 aromatic heterocycles. The molecule has 11 nitrogen and oxygen atoms in total. The van der Waals surface area contributed by atoms with Gasteiger partial charge in [-0.25, -0.2) is 16.8 Å². The van der Waals surface area contributed by atoms with Gasteiger partial charge in [-0.1, -0.05) is 24.3 Å². The normalized spacial score (nSPS) is 13.5. The highest BCUT2D eigenvalue weighted by Gasteiger charge is 2.32. The minimum Gasteiger partial charge on any atom is -0.497 e. The number of aromatic nitrogens is 1. The van der Waals surface area contributed by atoms with Gasteiger partial charge in [-0.05, 0) is 53.9 Å². The van der Waals surface area contributed by atoms with E-state index in [4.69, 9.17) is 4.74 Å². The summed E-state index contributed by atoms with van der Waals surface area (Å²) in [6.45, 7) is -0.298. The van der Waals surface area contributed by atoms with Crippen molar-refractivity contribution in [3.63, 3.8) is 0 Å². The zero-order valence-corrected chi connectivity index (χ0v) is 21.7. The second-order valence-corrected chi connectivity index (χ2v) is 11.7. The van der Waals surface area contributed by atoms with E-state index in [1.165, 1.54) is 36.7 Å². The quantitative estimate of drug-likeness (QED) is 0.305. The molecule has 0 radical (unpaired) electrons. The van der Waals surface area contributed by atoms with Crippen LogP contribution in [0.1, 0.15) is 6.42 Å². The van der Waals surface area contributed by atoms with Crippen LogP contribution in [-0.2, 0) is 24.8 Å². The molecule has 0 bridgehead atoms. The number of carboxylic acids is 1. The molecule has 198 valence electrons. The first-order chi connectivity index (χ1) is 17.4. The second kappa shape index (κ2) is 11.7. The van der Waals surface area contributed by atoms with Gasteiger partial charge >= 0.3 is 5.97 Å². The Labute approximate surface area is 215 Å². The van der Waals surface area contributed by atoms with Crippen LogP contribution in [0.25, 0.3) is 11.1 Å². The first-order valence-electron chi connectivity index (χ1n) is 11.0. The molecule has 3 aromatic rings. The molecule has 37 heavy (non-hydrogen) atoms. The molecule has 13 heteroatoms. The first kappa shape index (κ1) is 28.1. The molecule has 0 aliphatic heterocycles. The molecule has 0 unspecified atom stereocenters. The van der Waals surface area contributed by atoms with E-state index in [2.05, 4.69) is 4.98 Å². The Hall–Kier alpha value is -3.52. The number of carboxylic acid groups (broad SMARTS) is 1. The number of sulfonamides is 2. The monoisotopic (exact) mass is 549 g/mol. The molecular formula is C24H27N3O8S2. The van der Waals surface area contributed by atoms with Crippen LogP contribution < -0.4 is 13.8 Å². The maximum atomic E-state index is 12.9. The topological polar surface area (TPSA) is 163 Å². The van der Waals surface area contributed by atoms with Crippen molar-refractivity contribution < 1.29 is 36.6 Å². The SMILES string of the molecule is COc1ccc(-c2ccc(S(=O)(=O)N[C@@H](C(=O)O)[C@H](O)CCN(c3cccnc3)S(C)(=O)=O)cc2)cc1. The van der Waals surface area contributed by atoms with Crippen LogP contribution in [-0.4, -0.2) is 70.1 Å². The number of nitrogens with one attached hydrogen (secondary N) is 1. The van der Waals surface area contributed by atoms with Crippen molar-refractivity contribution in [3.8, 4) is 16.9 Å². The van der Waals surface area contributed by atoms with Gasteiger partial charge in [0.25, 0.3) is 0 Å². The highest BCUT2D eigenvalue weighted by Crippen LogP contribution is 2.24. The number of nitrogens with zero attached hydrogens (tertiary/aromatic N) is 2. The number of methoxy groups -OCH3 is 1. The van der Waals surface area contributed by atoms with Gasteiger partial charge in [0.05, 0.1) is 36.2 Å². The number of hydrogen-bond donors (Lipinski definition) is 3. The van der Waals surface area contributed by atoms with Gasteiger partial charge in [-0.3, -0.25) is 14.1 Å². The van der Waals surface area contributed by atoms with Crippen molar-refractivity contribution >= 4 is 31.7 Å². The largest absolute Gasteiger partial charge is 0.497 e. The van der Waals surface area contributed by atoms with Gasteiger partial charge in [0, 0.05) is 12.7 Å². The Morgan fingerprint density at radius 2 is 1.62 bits per heavy atom. The number of aliphatic hydroxyl groups is 1. The minimum atomic E-state index is -4.33. The fourth-order valence-corrected chi connectivity index (χ4v) is 5.69. The molecule has 0 aliphatic carbocycles. The molecular weight excluding hydrogens is 522 g/mol. The predicted molar refractivity (Wildman–Crippen MR) is 137 cm³/mol. The number of carbonyl (C=O) groups is 1. The van der Waals surface area contributed by atoms with Gasteiger partial charge < -0.3 is 14.9 Å². The third-order valence-electron chi connectivity index (χ3n) is 5.48. The molecule has 0 spiro atoms. The van der Waals surface area contributed by atoms with Crippen LogP contribution in [0, 0.1) is 0 Å². The molecule has 3 rings (SSSR count). The molecule has 0 amide bonds. The lowest BCUT2D eigenvalue weighted by atomic mass is 10.1. The number of ether oxygens (including phenoxy) is 1. The average Bonchev–Trinajstić information content (AvgIpc) is 2.87. The van der Waals surface area contributed by atoms with Crippen LogP contribution in [0.2, 0.25) is 0 Å². The standard InChI is InChI=1S/C24H27N3O8S2/c1-35-20-9-5-17(6-10-20)18-7-11-21(12-8-18)37(33,34)26-23(24(29)30)22(28)13-15-27(36(2,31)32)19-4-3-14-25-16-19/h3-12,14,16,22-23,26,28H,13,15H2,1-2H3,(H,29,30)/t22-,23-/m1/s1. The summed E-state index contributed by atoms with van der Waals surface area (Å²) in [5, 5.41) is 20.1. The summed E-state index contributed by atoms with van der Waals surface area (Å²) in [5.41, 5.74) is 1.77. The molecule has 0 aliphatic rings. The third kappa shape index (κ3) is 7.26. The van der Waals surface area contributed by atoms with E-state index in [9.17, 15) is 31.8 Å². The lowest BCUT2D eigenvalue weighted by molar-refractivity contribution is -0.141. The highest BCUT2D eigenvalue weighted by molar-refractivity contribution is 7.92. The van der Waals surface area contributed by atoms with Crippen LogP contribution in [0.3, 0.4) is 0 Å². The van der Waals surface area contributed by atoms with E-state index in [1.807, 2.05) is 16.9 Å². The fourth-order valence-electron chi connectivity index (χ4n) is 3.54. The zero-order valence-electron chi connectivity index (χ0n) is 20.1. The van der Waals surface area contributed by atoms with Crippen molar-refractivity contribution in [2.24, 2.45) is 0 Å². The molecule has 2 atom stereocenters. The first-order valence-corrected chi connectivity index (χ1v) is 14.3. The summed E-state index contributed by atoms with van der Waals surface area (Å²) in [6.07, 6.45) is 1.63. The smallest absolute Gasteiger partial charge is 0.324 e. The number of rotatable bonds is 12. The van der Waals surface area contributed by atoms with Crippen LogP contribution >= 0.6 is 0 Å². The summed E-state index contributed by atoms with van der Waals surface area (Å²) in [5.74, 6) is -0.941. The van der Waals surface area contributed by atoms with Gasteiger partial charge in [-0.15, -0.1) is 0 Å². The summed E-state index contributed by atoms with van der Waals surface area (Å²) in [6, 6.07) is 14.0. The Balaban J connectivity index is 1.74. The van der Waals surface area contributed by atoms with Crippen LogP contribution in [0.15, 0.2) is 78.0 Å². The maximum absolute atomic E-state index is 12.9. The number of anilines is 1. The van der Waals surface area contributed by atoms with E-state index in [0.717, 1.165) is 21.7 Å². The number of pyridine rings is 1. The Bertz CT molecular complexity index is 1410. The van der Waals surface area contributed by atoms with Crippen molar-refractivity contribution in [1.82, 2.24) is 9.71 Å². The van der Waals surface area contributed by atoms with Crippen molar-refractivity contribution in [2.45, 2.75) is 23.5 Å². The molecule has 0 fully saturated rings. The van der Waals surface area contributed by atoms with E-state index in [-0.39, 0.29) is 23.5 Å². The average molecular weight is 550 g/mol. The molecule has 2 aromatic carbocycles. The molecule has 0 saturated carbocycles. The Morgan fingerprint density at radius 3 is 2.11 bits per heavy atom.